The van der Waals surface area contributed by atoms with Crippen molar-refractivity contribution in [2.75, 3.05) is 40.3 Å². The molecule has 6 nitrogen and oxygen atoms in total. The van der Waals surface area contributed by atoms with Gasteiger partial charge in [-0.15, -0.1) is 0 Å². The normalized spacial score (nSPS) is 30.5. The van der Waals surface area contributed by atoms with Gasteiger partial charge in [-0.2, -0.15) is 0 Å². The zero-order chi connectivity index (χ0) is 12.5. The van der Waals surface area contributed by atoms with Gasteiger partial charge in [0.1, 0.15) is 11.5 Å². The zero-order valence-corrected chi connectivity index (χ0v) is 10.8. The number of nitrogens with one attached hydrogen (secondary N) is 2. The third kappa shape index (κ3) is 2.89. The Labute approximate surface area is 103 Å². The summed E-state index contributed by atoms with van der Waals surface area (Å²) in [5.41, 5.74) is 5.45. The molecule has 17 heavy (non-hydrogen) atoms. The van der Waals surface area contributed by atoms with Gasteiger partial charge in [0.25, 0.3) is 0 Å². The number of nitrogens with two attached hydrogens (primary N) is 1. The van der Waals surface area contributed by atoms with Crippen LogP contribution in [0.25, 0.3) is 0 Å². The minimum atomic E-state index is -0.637. The third-order valence-electron chi connectivity index (χ3n) is 3.11. The summed E-state index contributed by atoms with van der Waals surface area (Å²) in [5.74, 6) is 1.79. The van der Waals surface area contributed by atoms with Crippen LogP contribution in [0.5, 0.6) is 0 Å². The summed E-state index contributed by atoms with van der Waals surface area (Å²) in [6, 6.07) is 0. The topological polar surface area (TPSA) is 68.9 Å². The van der Waals surface area contributed by atoms with Crippen LogP contribution in [0.2, 0.25) is 0 Å². The van der Waals surface area contributed by atoms with E-state index in [0.717, 1.165) is 38.0 Å². The van der Waals surface area contributed by atoms with Gasteiger partial charge in [-0.1, -0.05) is 0 Å². The van der Waals surface area contributed by atoms with E-state index in [4.69, 9.17) is 5.73 Å². The Kier molecular flexibility index (Phi) is 3.26. The molecule has 0 aromatic heterocycles. The van der Waals surface area contributed by atoms with Gasteiger partial charge in [0.2, 0.25) is 0 Å². The van der Waals surface area contributed by atoms with Crippen LogP contribution in [-0.4, -0.2) is 61.7 Å². The lowest BCUT2D eigenvalue weighted by Gasteiger charge is -2.38. The second kappa shape index (κ2) is 4.54. The van der Waals surface area contributed by atoms with Crippen molar-refractivity contribution >= 4 is 5.96 Å². The molecular weight excluding hydrogens is 216 g/mol. The van der Waals surface area contributed by atoms with Crippen LogP contribution in [0.1, 0.15) is 6.92 Å². The van der Waals surface area contributed by atoms with E-state index in [9.17, 15) is 0 Å². The highest BCUT2D eigenvalue weighted by atomic mass is 15.4. The van der Waals surface area contributed by atoms with Gasteiger partial charge in [-0.25, -0.2) is 4.99 Å². The van der Waals surface area contributed by atoms with E-state index >= 15 is 0 Å². The molecule has 6 heteroatoms. The molecule has 2 aliphatic rings. The first-order valence-corrected chi connectivity index (χ1v) is 6.00. The van der Waals surface area contributed by atoms with Crippen LogP contribution in [0, 0.1) is 0 Å². The maximum absolute atomic E-state index is 6.09. The summed E-state index contributed by atoms with van der Waals surface area (Å²) >= 11 is 0. The first-order chi connectivity index (χ1) is 8.00. The summed E-state index contributed by atoms with van der Waals surface area (Å²) < 4.78 is 0. The smallest absolute Gasteiger partial charge is 0.198 e. The number of nitrogens with zero attached hydrogens (tertiary/aromatic N) is 3. The molecule has 0 bridgehead atoms. The molecule has 1 unspecified atom stereocenters. The number of hydrogen-bond donors (Lipinski definition) is 3. The average molecular weight is 238 g/mol. The number of rotatable bonds is 1. The summed E-state index contributed by atoms with van der Waals surface area (Å²) in [7, 11) is 3.99. The van der Waals surface area contributed by atoms with Crippen molar-refractivity contribution in [1.82, 2.24) is 20.4 Å². The number of piperazine rings is 1. The maximum Gasteiger partial charge on any atom is 0.198 e. The van der Waals surface area contributed by atoms with E-state index in [2.05, 4.69) is 32.5 Å². The van der Waals surface area contributed by atoms with Crippen LogP contribution in [-0.2, 0) is 0 Å². The number of likely N-dealkylation sites (N-methyl/N-ethyl adjacent to an activating group) is 1. The number of aliphatic imine (C=N–C) groups is 1. The predicted octanol–water partition coefficient (Wildman–Crippen LogP) is -1.07. The molecule has 4 N–H and O–H groups in total. The van der Waals surface area contributed by atoms with Crippen LogP contribution in [0.4, 0.5) is 0 Å². The molecule has 96 valence electrons. The largest absolute Gasteiger partial charge is 0.359 e. The van der Waals surface area contributed by atoms with Crippen molar-refractivity contribution in [3.05, 3.63) is 11.9 Å². The van der Waals surface area contributed by atoms with E-state index in [-0.39, 0.29) is 0 Å². The molecule has 2 rings (SSSR count). The Morgan fingerprint density at radius 3 is 2.65 bits per heavy atom. The molecule has 1 atom stereocenters. The molecule has 0 radical (unpaired) electrons. The zero-order valence-electron chi connectivity index (χ0n) is 10.8. The number of guanidine groups is 1. The van der Waals surface area contributed by atoms with Crippen LogP contribution >= 0.6 is 0 Å². The fraction of sp³-hybridized carbons (Fsp3) is 0.727. The van der Waals surface area contributed by atoms with Crippen molar-refractivity contribution < 1.29 is 0 Å². The minimum Gasteiger partial charge on any atom is -0.359 e. The van der Waals surface area contributed by atoms with E-state index in [1.807, 2.05) is 20.0 Å². The monoisotopic (exact) mass is 238 g/mol. The maximum atomic E-state index is 6.09. The highest BCUT2D eigenvalue weighted by Crippen LogP contribution is 2.15. The molecule has 1 saturated heterocycles. The lowest BCUT2D eigenvalue weighted by atomic mass is 10.2. The molecule has 0 aliphatic carbocycles. The van der Waals surface area contributed by atoms with Crippen LogP contribution in [0.15, 0.2) is 16.9 Å². The first-order valence-electron chi connectivity index (χ1n) is 6.00. The highest BCUT2D eigenvalue weighted by molar-refractivity contribution is 5.82. The number of hydrogen-bond acceptors (Lipinski definition) is 6. The second-order valence-corrected chi connectivity index (χ2v) is 4.88. The Bertz CT molecular complexity index is 338. The van der Waals surface area contributed by atoms with Crippen molar-refractivity contribution in [3.63, 3.8) is 0 Å². The molecule has 2 aliphatic heterocycles. The minimum absolute atomic E-state index is 0.637. The standard InChI is InChI=1S/C11H22N6/c1-11(12)8-9(14-10(13-2)15-11)17-6-4-16(3)5-7-17/h8H,4-7,12H2,1-3H3,(H2,13,14,15). The van der Waals surface area contributed by atoms with Gasteiger partial charge in [0.05, 0.1) is 0 Å². The van der Waals surface area contributed by atoms with Gasteiger partial charge in [-0.05, 0) is 20.0 Å². The fourth-order valence-electron chi connectivity index (χ4n) is 2.07. The van der Waals surface area contributed by atoms with Crippen molar-refractivity contribution in [3.8, 4) is 0 Å². The third-order valence-corrected chi connectivity index (χ3v) is 3.11. The summed E-state index contributed by atoms with van der Waals surface area (Å²) in [6.45, 7) is 6.09. The second-order valence-electron chi connectivity index (χ2n) is 4.88. The summed E-state index contributed by atoms with van der Waals surface area (Å²) in [6.07, 6.45) is 1.99. The van der Waals surface area contributed by atoms with Crippen molar-refractivity contribution in [1.29, 1.82) is 0 Å². The molecule has 0 aromatic carbocycles. The average Bonchev–Trinajstić information content (AvgIpc) is 2.27. The molecular formula is C11H22N6. The van der Waals surface area contributed by atoms with Gasteiger partial charge >= 0.3 is 0 Å². The first kappa shape index (κ1) is 12.2. The lowest BCUT2D eigenvalue weighted by molar-refractivity contribution is 0.179. The van der Waals surface area contributed by atoms with Crippen LogP contribution < -0.4 is 16.4 Å². The summed E-state index contributed by atoms with van der Waals surface area (Å²) in [4.78, 5) is 9.00. The molecule has 1 fully saturated rings. The van der Waals surface area contributed by atoms with E-state index in [1.165, 1.54) is 0 Å². The molecule has 0 spiro atoms. The Hall–Kier alpha value is -1.27. The highest BCUT2D eigenvalue weighted by Gasteiger charge is 2.25. The van der Waals surface area contributed by atoms with Gasteiger partial charge in [-0.3, -0.25) is 0 Å². The van der Waals surface area contributed by atoms with Crippen LogP contribution in [0.3, 0.4) is 0 Å². The van der Waals surface area contributed by atoms with E-state index in [1.54, 1.807) is 0 Å². The van der Waals surface area contributed by atoms with Crippen molar-refractivity contribution in [2.24, 2.45) is 10.7 Å². The van der Waals surface area contributed by atoms with Crippen molar-refractivity contribution in [2.45, 2.75) is 12.6 Å². The quantitative estimate of drug-likeness (QED) is 0.543. The van der Waals surface area contributed by atoms with Gasteiger partial charge in [0.15, 0.2) is 5.96 Å². The Morgan fingerprint density at radius 2 is 2.06 bits per heavy atom. The Balaban J connectivity index is 2.09. The molecule has 0 amide bonds. The fourth-order valence-corrected chi connectivity index (χ4v) is 2.07. The predicted molar refractivity (Wildman–Crippen MR) is 69.4 cm³/mol. The molecule has 0 aromatic rings. The van der Waals surface area contributed by atoms with E-state index < -0.39 is 5.66 Å². The van der Waals surface area contributed by atoms with E-state index in [0.29, 0.717) is 0 Å². The van der Waals surface area contributed by atoms with Gasteiger partial charge in [0, 0.05) is 33.2 Å². The SMILES string of the molecule is CNC1=NC(C)(N)C=C(N2CCN(C)CC2)N1. The molecule has 2 heterocycles. The molecule has 0 saturated carbocycles. The van der Waals surface area contributed by atoms with Gasteiger partial charge < -0.3 is 26.2 Å². The lowest BCUT2D eigenvalue weighted by Crippen LogP contribution is -2.53. The summed E-state index contributed by atoms with van der Waals surface area (Å²) in [5, 5.41) is 6.29. The Morgan fingerprint density at radius 1 is 1.41 bits per heavy atom.